The van der Waals surface area contributed by atoms with Crippen LogP contribution in [-0.2, 0) is 11.3 Å². The Kier molecular flexibility index (Phi) is 6.80. The summed E-state index contributed by atoms with van der Waals surface area (Å²) in [6, 6.07) is 16.7. The highest BCUT2D eigenvalue weighted by Crippen LogP contribution is 2.30. The molecular weight excluding hydrogens is 438 g/mol. The van der Waals surface area contributed by atoms with E-state index in [0.29, 0.717) is 42.0 Å². The maximum atomic E-state index is 12.8. The van der Waals surface area contributed by atoms with Crippen molar-refractivity contribution in [3.63, 3.8) is 0 Å². The topological polar surface area (TPSA) is 123 Å². The molecule has 4 N–H and O–H groups in total. The first-order chi connectivity index (χ1) is 16.0. The molecule has 0 radical (unpaired) electrons. The number of nitrogens with zero attached hydrogens (tertiary/aromatic N) is 3. The number of nitrogen functional groups attached to an aromatic ring is 1. The molecule has 8 nitrogen and oxygen atoms in total. The zero-order chi connectivity index (χ0) is 23.2. The summed E-state index contributed by atoms with van der Waals surface area (Å²) in [7, 11) is 0. The normalized spacial score (nSPS) is 10.8. The van der Waals surface area contributed by atoms with E-state index in [1.165, 1.54) is 0 Å². The number of benzene rings is 2. The molecule has 0 aliphatic heterocycles. The molecule has 33 heavy (non-hydrogen) atoms. The van der Waals surface area contributed by atoms with Crippen molar-refractivity contribution in [3.8, 4) is 21.7 Å². The number of aryl methyl sites for hydroxylation is 1. The largest absolute Gasteiger partial charge is 0.481 e. The summed E-state index contributed by atoms with van der Waals surface area (Å²) in [5, 5.41) is 21.9. The Bertz CT molecular complexity index is 1250. The van der Waals surface area contributed by atoms with E-state index in [9.17, 15) is 9.59 Å². The molecule has 0 aliphatic rings. The fraction of sp³-hybridized carbons (Fsp3) is 0.167. The van der Waals surface area contributed by atoms with Crippen LogP contribution in [0.5, 0.6) is 0 Å². The third-order valence-corrected chi connectivity index (χ3v) is 6.04. The number of nitrogens with two attached hydrogens (primary N) is 1. The molecule has 0 fully saturated rings. The van der Waals surface area contributed by atoms with E-state index in [4.69, 9.17) is 10.8 Å². The molecule has 0 unspecified atom stereocenters. The number of amides is 1. The van der Waals surface area contributed by atoms with Gasteiger partial charge in [-0.1, -0.05) is 29.5 Å². The maximum absolute atomic E-state index is 12.8. The number of thiophene rings is 1. The zero-order valence-electron chi connectivity index (χ0n) is 17.8. The molecule has 2 aromatic carbocycles. The van der Waals surface area contributed by atoms with Gasteiger partial charge in [0.05, 0.1) is 17.6 Å². The van der Waals surface area contributed by atoms with Gasteiger partial charge in [0.1, 0.15) is 5.69 Å². The number of nitrogens with one attached hydrogen (secondary N) is 1. The first-order valence-electron chi connectivity index (χ1n) is 10.5. The van der Waals surface area contributed by atoms with Crippen LogP contribution in [-0.4, -0.2) is 32.0 Å². The summed E-state index contributed by atoms with van der Waals surface area (Å²) in [5.41, 5.74) is 10.2. The number of aromatic nitrogens is 3. The van der Waals surface area contributed by atoms with Gasteiger partial charge in [0.25, 0.3) is 5.91 Å². The Morgan fingerprint density at radius 3 is 2.58 bits per heavy atom. The Hall–Kier alpha value is -3.98. The molecule has 2 aromatic heterocycles. The molecule has 0 bridgehead atoms. The molecule has 0 spiro atoms. The van der Waals surface area contributed by atoms with Crippen LogP contribution in [0.1, 0.15) is 29.6 Å². The predicted octanol–water partition coefficient (Wildman–Crippen LogP) is 4.76. The standard InChI is InChI=1S/C24H23N5O3S/c25-19-11-10-18(22-4-3-13-33-22)14-20(19)26-24(32)17-8-6-16(7-9-17)21-15-29(28-27-21)12-2-1-5-23(30)31/h3-4,6-11,13-15H,1-2,5,12,25H2,(H,26,32)(H,30,31). The van der Waals surface area contributed by atoms with Gasteiger partial charge in [-0.3, -0.25) is 14.3 Å². The van der Waals surface area contributed by atoms with Crippen LogP contribution < -0.4 is 11.1 Å². The van der Waals surface area contributed by atoms with Gasteiger partial charge < -0.3 is 16.2 Å². The molecule has 0 aliphatic carbocycles. The highest BCUT2D eigenvalue weighted by Gasteiger charge is 2.11. The molecule has 2 heterocycles. The van der Waals surface area contributed by atoms with Gasteiger partial charge in [0.2, 0.25) is 0 Å². The summed E-state index contributed by atoms with van der Waals surface area (Å²) in [5.74, 6) is -1.05. The van der Waals surface area contributed by atoms with Gasteiger partial charge in [-0.25, -0.2) is 0 Å². The van der Waals surface area contributed by atoms with E-state index in [2.05, 4.69) is 15.6 Å². The van der Waals surface area contributed by atoms with Crippen molar-refractivity contribution in [2.45, 2.75) is 25.8 Å². The van der Waals surface area contributed by atoms with Crippen LogP contribution in [0.3, 0.4) is 0 Å². The van der Waals surface area contributed by atoms with Crippen molar-refractivity contribution in [3.05, 3.63) is 71.7 Å². The van der Waals surface area contributed by atoms with Crippen LogP contribution >= 0.6 is 11.3 Å². The van der Waals surface area contributed by atoms with E-state index < -0.39 is 5.97 Å². The minimum Gasteiger partial charge on any atom is -0.481 e. The van der Waals surface area contributed by atoms with Crippen molar-refractivity contribution in [1.29, 1.82) is 0 Å². The molecule has 9 heteroatoms. The average Bonchev–Trinajstić information content (AvgIpc) is 3.51. The van der Waals surface area contributed by atoms with Crippen molar-refractivity contribution in [2.75, 3.05) is 11.1 Å². The van der Waals surface area contributed by atoms with Crippen LogP contribution in [0.2, 0.25) is 0 Å². The first kappa shape index (κ1) is 22.2. The number of hydrogen-bond donors (Lipinski definition) is 3. The molecule has 0 atom stereocenters. The number of carbonyl (C=O) groups is 2. The van der Waals surface area contributed by atoms with E-state index >= 15 is 0 Å². The molecule has 4 rings (SSSR count). The number of anilines is 2. The molecule has 168 valence electrons. The smallest absolute Gasteiger partial charge is 0.303 e. The van der Waals surface area contributed by atoms with Crippen molar-refractivity contribution in [1.82, 2.24) is 15.0 Å². The molecule has 0 saturated heterocycles. The average molecular weight is 462 g/mol. The third kappa shape index (κ3) is 5.64. The van der Waals surface area contributed by atoms with Gasteiger partial charge in [0.15, 0.2) is 0 Å². The monoisotopic (exact) mass is 461 g/mol. The Labute approximate surface area is 194 Å². The van der Waals surface area contributed by atoms with Crippen molar-refractivity contribution < 1.29 is 14.7 Å². The second-order valence-electron chi connectivity index (χ2n) is 7.53. The van der Waals surface area contributed by atoms with Crippen molar-refractivity contribution >= 4 is 34.6 Å². The van der Waals surface area contributed by atoms with Crippen LogP contribution in [0, 0.1) is 0 Å². The number of carboxylic acid groups (broad SMARTS) is 1. The number of rotatable bonds is 9. The quantitative estimate of drug-likeness (QED) is 0.244. The molecular formula is C24H23N5O3S. The zero-order valence-corrected chi connectivity index (χ0v) is 18.6. The molecule has 1 amide bonds. The maximum Gasteiger partial charge on any atom is 0.303 e. The Balaban J connectivity index is 1.40. The fourth-order valence-electron chi connectivity index (χ4n) is 3.34. The Morgan fingerprint density at radius 2 is 1.85 bits per heavy atom. The molecule has 4 aromatic rings. The highest BCUT2D eigenvalue weighted by molar-refractivity contribution is 7.13. The number of carbonyl (C=O) groups excluding carboxylic acids is 1. The predicted molar refractivity (Wildman–Crippen MR) is 129 cm³/mol. The summed E-state index contributed by atoms with van der Waals surface area (Å²) >= 11 is 1.62. The second-order valence-corrected chi connectivity index (χ2v) is 8.48. The van der Waals surface area contributed by atoms with Crippen LogP contribution in [0.25, 0.3) is 21.7 Å². The minimum absolute atomic E-state index is 0.148. The van der Waals surface area contributed by atoms with E-state index in [-0.39, 0.29) is 12.3 Å². The lowest BCUT2D eigenvalue weighted by Crippen LogP contribution is -2.13. The van der Waals surface area contributed by atoms with Gasteiger partial charge in [-0.15, -0.1) is 16.4 Å². The lowest BCUT2D eigenvalue weighted by atomic mass is 10.1. The highest BCUT2D eigenvalue weighted by atomic mass is 32.1. The summed E-state index contributed by atoms with van der Waals surface area (Å²) in [4.78, 5) is 24.5. The summed E-state index contributed by atoms with van der Waals surface area (Å²) in [6.07, 6.45) is 3.27. The van der Waals surface area contributed by atoms with Crippen LogP contribution in [0.4, 0.5) is 11.4 Å². The number of hydrogen-bond acceptors (Lipinski definition) is 6. The first-order valence-corrected chi connectivity index (χ1v) is 11.3. The number of unbranched alkanes of at least 4 members (excludes halogenated alkanes) is 1. The lowest BCUT2D eigenvalue weighted by Gasteiger charge is -2.10. The van der Waals surface area contributed by atoms with E-state index in [0.717, 1.165) is 16.0 Å². The number of aliphatic carboxylic acids is 1. The fourth-order valence-corrected chi connectivity index (χ4v) is 4.06. The third-order valence-electron chi connectivity index (χ3n) is 5.12. The number of carboxylic acids is 1. The second kappa shape index (κ2) is 10.1. The van der Waals surface area contributed by atoms with Crippen LogP contribution in [0.15, 0.2) is 66.2 Å². The summed E-state index contributed by atoms with van der Waals surface area (Å²) < 4.78 is 1.70. The van der Waals surface area contributed by atoms with Gasteiger partial charge in [-0.05, 0) is 54.1 Å². The van der Waals surface area contributed by atoms with E-state index in [1.807, 2.05) is 48.0 Å². The van der Waals surface area contributed by atoms with E-state index in [1.54, 1.807) is 34.2 Å². The molecule has 0 saturated carbocycles. The van der Waals surface area contributed by atoms with Gasteiger partial charge in [-0.2, -0.15) is 0 Å². The van der Waals surface area contributed by atoms with Crippen molar-refractivity contribution in [2.24, 2.45) is 0 Å². The van der Waals surface area contributed by atoms with Gasteiger partial charge >= 0.3 is 5.97 Å². The SMILES string of the molecule is Nc1ccc(-c2cccs2)cc1NC(=O)c1ccc(-c2cn(CCCCC(=O)O)nn2)cc1. The minimum atomic E-state index is -0.795. The lowest BCUT2D eigenvalue weighted by molar-refractivity contribution is -0.137. The summed E-state index contributed by atoms with van der Waals surface area (Å²) in [6.45, 7) is 0.604. The van der Waals surface area contributed by atoms with Gasteiger partial charge in [0, 0.05) is 29.0 Å². The Morgan fingerprint density at radius 1 is 1.06 bits per heavy atom.